The van der Waals surface area contributed by atoms with Gasteiger partial charge in [0, 0.05) is 9.79 Å². The van der Waals surface area contributed by atoms with Crippen molar-refractivity contribution >= 4 is 31.8 Å². The number of rotatable bonds is 12. The predicted octanol–water partition coefficient (Wildman–Crippen LogP) is 7.84. The first-order valence-corrected chi connectivity index (χ1v) is 14.9. The Morgan fingerprint density at radius 1 is 0.733 bits per heavy atom. The Balaban J connectivity index is 2.08. The number of benzene rings is 2. The van der Waals surface area contributed by atoms with E-state index in [1.807, 2.05) is 35.7 Å². The molecule has 1 N–H and O–H groups in total. The summed E-state index contributed by atoms with van der Waals surface area (Å²) in [6.45, 7) is 14.2. The van der Waals surface area contributed by atoms with Crippen LogP contribution in [-0.4, -0.2) is 30.7 Å². The molecule has 0 fully saturated rings. The van der Waals surface area contributed by atoms with E-state index in [1.54, 1.807) is 0 Å². The van der Waals surface area contributed by atoms with Gasteiger partial charge in [-0.05, 0) is 47.3 Å². The minimum atomic E-state index is -1.96. The Hall–Kier alpha value is -0.723. The van der Waals surface area contributed by atoms with Gasteiger partial charge in [0.1, 0.15) is 0 Å². The molecule has 0 heterocycles. The molecular formula is C25H38O2S2Si. The van der Waals surface area contributed by atoms with Gasteiger partial charge in [0.25, 0.3) is 0 Å². The number of hydrogen-bond donors (Lipinski definition) is 1. The van der Waals surface area contributed by atoms with Gasteiger partial charge in [-0.1, -0.05) is 77.9 Å². The summed E-state index contributed by atoms with van der Waals surface area (Å²) in [6.07, 6.45) is 0.225. The second kappa shape index (κ2) is 12.3. The molecular weight excluding hydrogens is 424 g/mol. The maximum absolute atomic E-state index is 11.0. The van der Waals surface area contributed by atoms with E-state index in [0.717, 1.165) is 0 Å². The summed E-state index contributed by atoms with van der Waals surface area (Å²) in [5.74, 6) is 0. The number of aliphatic hydroxyl groups excluding tert-OH is 1. The van der Waals surface area contributed by atoms with Gasteiger partial charge in [-0.15, -0.1) is 23.5 Å². The molecule has 166 valence electrons. The zero-order chi connectivity index (χ0) is 22.1. The fourth-order valence-corrected chi connectivity index (χ4v) is 12.7. The quantitative estimate of drug-likeness (QED) is 0.198. The van der Waals surface area contributed by atoms with Crippen LogP contribution in [0.2, 0.25) is 16.6 Å². The zero-order valence-corrected chi connectivity index (χ0v) is 21.9. The summed E-state index contributed by atoms with van der Waals surface area (Å²) in [4.78, 5) is 2.46. The molecule has 1 atom stereocenters. The maximum atomic E-state index is 11.0. The summed E-state index contributed by atoms with van der Waals surface area (Å²) in [5, 5.41) is 11.0. The van der Waals surface area contributed by atoms with Gasteiger partial charge in [-0.3, -0.25) is 0 Å². The lowest BCUT2D eigenvalue weighted by Crippen LogP contribution is -2.49. The molecule has 0 aromatic heterocycles. The van der Waals surface area contributed by atoms with E-state index in [2.05, 4.69) is 90.1 Å². The van der Waals surface area contributed by atoms with E-state index in [0.29, 0.717) is 29.7 Å². The van der Waals surface area contributed by atoms with E-state index in [-0.39, 0.29) is 4.58 Å². The van der Waals surface area contributed by atoms with E-state index in [1.165, 1.54) is 9.79 Å². The predicted molar refractivity (Wildman–Crippen MR) is 136 cm³/mol. The maximum Gasteiger partial charge on any atom is 0.200 e. The van der Waals surface area contributed by atoms with Crippen LogP contribution in [0.1, 0.15) is 48.0 Å². The van der Waals surface area contributed by atoms with Gasteiger partial charge in [-0.25, -0.2) is 0 Å². The summed E-state index contributed by atoms with van der Waals surface area (Å²) >= 11 is 3.65. The molecule has 0 unspecified atom stereocenters. The summed E-state index contributed by atoms with van der Waals surface area (Å²) in [6, 6.07) is 20.9. The Morgan fingerprint density at radius 3 is 1.50 bits per heavy atom. The van der Waals surface area contributed by atoms with Crippen molar-refractivity contribution < 1.29 is 9.53 Å². The van der Waals surface area contributed by atoms with Crippen molar-refractivity contribution in [1.82, 2.24) is 0 Å². The van der Waals surface area contributed by atoms with Crippen LogP contribution in [0.25, 0.3) is 0 Å². The molecule has 30 heavy (non-hydrogen) atoms. The standard InChI is InChI=1S/C25H38O2S2Si/c1-19(2)30(20(3)4,21(5)6)27-18-22(26)17-25(28-23-13-9-7-10-14-23)29-24-15-11-8-12-16-24/h7-16,19-22,25-26H,17-18H2,1-6H3/t22-/m0/s1. The normalized spacial score (nSPS) is 13.6. The average Bonchev–Trinajstić information content (AvgIpc) is 2.69. The molecule has 0 amide bonds. The van der Waals surface area contributed by atoms with Crippen molar-refractivity contribution in [3.63, 3.8) is 0 Å². The third-order valence-electron chi connectivity index (χ3n) is 5.72. The number of thioether (sulfide) groups is 2. The molecule has 0 aliphatic carbocycles. The molecule has 0 saturated carbocycles. The van der Waals surface area contributed by atoms with Crippen LogP contribution in [0.4, 0.5) is 0 Å². The Kier molecular flexibility index (Phi) is 10.5. The van der Waals surface area contributed by atoms with Gasteiger partial charge in [0.15, 0.2) is 8.32 Å². The zero-order valence-electron chi connectivity index (χ0n) is 19.2. The number of hydrogen-bond acceptors (Lipinski definition) is 4. The van der Waals surface area contributed by atoms with Gasteiger partial charge in [-0.2, -0.15) is 0 Å². The minimum absolute atomic E-state index is 0.224. The third kappa shape index (κ3) is 7.16. The molecule has 0 spiro atoms. The summed E-state index contributed by atoms with van der Waals surface area (Å²) < 4.78 is 6.87. The first kappa shape index (κ1) is 25.5. The summed E-state index contributed by atoms with van der Waals surface area (Å²) in [7, 11) is -1.96. The van der Waals surface area contributed by atoms with Crippen molar-refractivity contribution in [2.45, 2.75) is 85.1 Å². The average molecular weight is 463 g/mol. The molecule has 0 saturated heterocycles. The van der Waals surface area contributed by atoms with Crippen LogP contribution < -0.4 is 0 Å². The second-order valence-corrected chi connectivity index (χ2v) is 17.1. The van der Waals surface area contributed by atoms with Gasteiger partial charge < -0.3 is 9.53 Å². The Bertz CT molecular complexity index is 659. The molecule has 5 heteroatoms. The minimum Gasteiger partial charge on any atom is -0.413 e. The van der Waals surface area contributed by atoms with Crippen LogP contribution >= 0.6 is 23.5 Å². The fraction of sp³-hybridized carbons (Fsp3) is 0.520. The molecule has 0 aliphatic heterocycles. The lowest BCUT2D eigenvalue weighted by molar-refractivity contribution is 0.0940. The molecule has 2 aromatic carbocycles. The van der Waals surface area contributed by atoms with Crippen LogP contribution in [0.15, 0.2) is 70.5 Å². The van der Waals surface area contributed by atoms with Crippen molar-refractivity contribution in [2.75, 3.05) is 6.61 Å². The first-order chi connectivity index (χ1) is 14.3. The van der Waals surface area contributed by atoms with Crippen molar-refractivity contribution in [3.8, 4) is 0 Å². The second-order valence-electron chi connectivity index (χ2n) is 8.81. The highest BCUT2D eigenvalue weighted by Gasteiger charge is 2.45. The highest BCUT2D eigenvalue weighted by atomic mass is 32.2. The van der Waals surface area contributed by atoms with Gasteiger partial charge in [0.2, 0.25) is 0 Å². The highest BCUT2D eigenvalue weighted by molar-refractivity contribution is 8.17. The Labute approximate surface area is 193 Å². The molecule has 2 nitrogen and oxygen atoms in total. The lowest BCUT2D eigenvalue weighted by atomic mass is 10.3. The largest absolute Gasteiger partial charge is 0.413 e. The molecule has 0 bridgehead atoms. The van der Waals surface area contributed by atoms with Gasteiger partial charge >= 0.3 is 0 Å². The van der Waals surface area contributed by atoms with E-state index >= 15 is 0 Å². The topological polar surface area (TPSA) is 29.5 Å². The Morgan fingerprint density at radius 2 is 1.13 bits per heavy atom. The number of aliphatic hydroxyl groups is 1. The molecule has 0 aliphatic rings. The van der Waals surface area contributed by atoms with Crippen molar-refractivity contribution in [1.29, 1.82) is 0 Å². The van der Waals surface area contributed by atoms with Crippen LogP contribution in [-0.2, 0) is 4.43 Å². The SMILES string of the molecule is CC(C)[Si](OC[C@@H](O)CC(Sc1ccccc1)Sc1ccccc1)(C(C)C)C(C)C. The molecule has 2 aromatic rings. The summed E-state index contributed by atoms with van der Waals surface area (Å²) in [5.41, 5.74) is 1.58. The van der Waals surface area contributed by atoms with Crippen molar-refractivity contribution in [3.05, 3.63) is 60.7 Å². The van der Waals surface area contributed by atoms with Crippen LogP contribution in [0.3, 0.4) is 0 Å². The molecule has 2 rings (SSSR count). The lowest BCUT2D eigenvalue weighted by Gasteiger charge is -2.42. The van der Waals surface area contributed by atoms with E-state index in [4.69, 9.17) is 4.43 Å². The first-order valence-electron chi connectivity index (χ1n) is 11.0. The van der Waals surface area contributed by atoms with Crippen LogP contribution in [0.5, 0.6) is 0 Å². The highest BCUT2D eigenvalue weighted by Crippen LogP contribution is 2.43. The third-order valence-corrected chi connectivity index (χ3v) is 14.4. The van der Waals surface area contributed by atoms with Crippen LogP contribution in [0, 0.1) is 0 Å². The van der Waals surface area contributed by atoms with Gasteiger partial charge in [0.05, 0.1) is 17.3 Å². The fourth-order valence-electron chi connectivity index (χ4n) is 4.45. The smallest absolute Gasteiger partial charge is 0.200 e. The molecule has 0 radical (unpaired) electrons. The monoisotopic (exact) mass is 462 g/mol. The van der Waals surface area contributed by atoms with E-state index in [9.17, 15) is 5.11 Å². The van der Waals surface area contributed by atoms with E-state index < -0.39 is 14.4 Å². The van der Waals surface area contributed by atoms with Crippen molar-refractivity contribution in [2.24, 2.45) is 0 Å².